The van der Waals surface area contributed by atoms with E-state index in [2.05, 4.69) is 5.32 Å². The van der Waals surface area contributed by atoms with Crippen LogP contribution in [0, 0.1) is 12.7 Å². The van der Waals surface area contributed by atoms with Crippen molar-refractivity contribution in [3.05, 3.63) is 35.1 Å². The largest absolute Gasteiger partial charge is 0.364 e. The van der Waals surface area contributed by atoms with E-state index in [1.54, 1.807) is 6.07 Å². The minimum atomic E-state index is -0.148. The number of halogens is 1. The number of nitrogens with one attached hydrogen (secondary N) is 1. The van der Waals surface area contributed by atoms with Gasteiger partial charge in [-0.05, 0) is 25.8 Å². The van der Waals surface area contributed by atoms with Gasteiger partial charge in [0.2, 0.25) is 0 Å². The molecule has 1 aromatic rings. The van der Waals surface area contributed by atoms with Gasteiger partial charge in [-0.1, -0.05) is 37.0 Å². The van der Waals surface area contributed by atoms with Gasteiger partial charge in [-0.2, -0.15) is 0 Å². The molecule has 1 N–H and O–H groups in total. The predicted molar refractivity (Wildman–Crippen MR) is 73.6 cm³/mol. The monoisotopic (exact) mass is 263 g/mol. The second-order valence-corrected chi connectivity index (χ2v) is 6.01. The maximum absolute atomic E-state index is 14.0. The minimum absolute atomic E-state index is 0.0582. The van der Waals surface area contributed by atoms with Crippen LogP contribution >= 0.6 is 0 Å². The zero-order valence-electron chi connectivity index (χ0n) is 11.5. The van der Waals surface area contributed by atoms with Gasteiger partial charge in [0.05, 0.1) is 11.7 Å². The molecule has 19 heavy (non-hydrogen) atoms. The van der Waals surface area contributed by atoms with Crippen LogP contribution in [0.2, 0.25) is 0 Å². The zero-order valence-corrected chi connectivity index (χ0v) is 11.5. The normalized spacial score (nSPS) is 26.5. The van der Waals surface area contributed by atoms with Gasteiger partial charge in [0.15, 0.2) is 0 Å². The molecule has 1 saturated heterocycles. The number of morpholine rings is 1. The number of hydrogen-bond acceptors (Lipinski definition) is 2. The third-order valence-corrected chi connectivity index (χ3v) is 4.43. The van der Waals surface area contributed by atoms with Gasteiger partial charge >= 0.3 is 0 Å². The van der Waals surface area contributed by atoms with Gasteiger partial charge in [-0.3, -0.25) is 0 Å². The van der Waals surface area contributed by atoms with E-state index in [0.29, 0.717) is 12.1 Å². The molecular formula is C16H22FNO. The quantitative estimate of drug-likeness (QED) is 0.837. The maximum Gasteiger partial charge on any atom is 0.129 e. The molecule has 3 heteroatoms. The highest BCUT2D eigenvalue weighted by Crippen LogP contribution is 2.38. The molecule has 104 valence electrons. The molecule has 2 aliphatic rings. The summed E-state index contributed by atoms with van der Waals surface area (Å²) in [5.74, 6) is -0.148. The Bertz CT molecular complexity index is 449. The first-order valence-corrected chi connectivity index (χ1v) is 7.33. The summed E-state index contributed by atoms with van der Waals surface area (Å²) in [6.45, 7) is 3.62. The minimum Gasteiger partial charge on any atom is -0.364 e. The number of hydrogen-bond donors (Lipinski definition) is 1. The van der Waals surface area contributed by atoms with Crippen molar-refractivity contribution in [2.24, 2.45) is 0 Å². The summed E-state index contributed by atoms with van der Waals surface area (Å²) < 4.78 is 20.3. The Morgan fingerprint density at radius 3 is 2.84 bits per heavy atom. The van der Waals surface area contributed by atoms with Crippen LogP contribution in [-0.2, 0) is 4.74 Å². The van der Waals surface area contributed by atoms with Crippen molar-refractivity contribution in [3.8, 4) is 0 Å². The molecule has 3 rings (SSSR count). The third-order valence-electron chi connectivity index (χ3n) is 4.43. The summed E-state index contributed by atoms with van der Waals surface area (Å²) in [5.41, 5.74) is 1.73. The van der Waals surface area contributed by atoms with E-state index in [1.165, 1.54) is 19.3 Å². The molecule has 1 aliphatic heterocycles. The topological polar surface area (TPSA) is 21.3 Å². The van der Waals surface area contributed by atoms with Crippen LogP contribution in [0.3, 0.4) is 0 Å². The lowest BCUT2D eigenvalue weighted by Gasteiger charge is -2.44. The van der Waals surface area contributed by atoms with E-state index < -0.39 is 0 Å². The predicted octanol–water partition coefficient (Wildman–Crippen LogP) is 3.50. The van der Waals surface area contributed by atoms with E-state index in [4.69, 9.17) is 4.74 Å². The lowest BCUT2D eigenvalue weighted by Crippen LogP contribution is -2.51. The third kappa shape index (κ3) is 2.67. The fourth-order valence-corrected chi connectivity index (χ4v) is 3.39. The van der Waals surface area contributed by atoms with Crippen LogP contribution in [0.15, 0.2) is 18.2 Å². The first kappa shape index (κ1) is 13.1. The first-order chi connectivity index (χ1) is 9.19. The number of ether oxygens (including phenoxy) is 1. The lowest BCUT2D eigenvalue weighted by molar-refractivity contribution is -0.136. The van der Waals surface area contributed by atoms with Crippen LogP contribution < -0.4 is 5.32 Å². The van der Waals surface area contributed by atoms with Gasteiger partial charge in [0.25, 0.3) is 0 Å². The van der Waals surface area contributed by atoms with Crippen LogP contribution in [0.1, 0.15) is 49.3 Å². The molecule has 0 radical (unpaired) electrons. The molecule has 0 aromatic heterocycles. The van der Waals surface area contributed by atoms with E-state index in [-0.39, 0.29) is 17.5 Å². The fraction of sp³-hybridized carbons (Fsp3) is 0.625. The molecule has 1 spiro atoms. The van der Waals surface area contributed by atoms with Crippen molar-refractivity contribution >= 4 is 0 Å². The molecule has 1 aliphatic carbocycles. The Labute approximate surface area is 114 Å². The zero-order chi connectivity index (χ0) is 13.3. The Morgan fingerprint density at radius 1 is 1.26 bits per heavy atom. The lowest BCUT2D eigenvalue weighted by atomic mass is 9.83. The van der Waals surface area contributed by atoms with E-state index in [1.807, 2.05) is 19.1 Å². The van der Waals surface area contributed by atoms with Crippen LogP contribution in [0.5, 0.6) is 0 Å². The first-order valence-electron chi connectivity index (χ1n) is 7.33. The van der Waals surface area contributed by atoms with Crippen molar-refractivity contribution < 1.29 is 9.13 Å². The number of rotatable bonds is 1. The molecule has 0 bridgehead atoms. The van der Waals surface area contributed by atoms with Gasteiger partial charge < -0.3 is 10.1 Å². The van der Waals surface area contributed by atoms with Gasteiger partial charge in [0.1, 0.15) is 5.82 Å². The summed E-state index contributed by atoms with van der Waals surface area (Å²) in [4.78, 5) is 0. The Balaban J connectivity index is 1.82. The highest BCUT2D eigenvalue weighted by Gasteiger charge is 2.39. The van der Waals surface area contributed by atoms with Crippen molar-refractivity contribution in [2.45, 2.75) is 50.7 Å². The number of benzene rings is 1. The second kappa shape index (κ2) is 5.22. The molecule has 1 heterocycles. The molecular weight excluding hydrogens is 241 g/mol. The molecule has 2 fully saturated rings. The average molecular weight is 263 g/mol. The van der Waals surface area contributed by atoms with Crippen molar-refractivity contribution in [1.29, 1.82) is 0 Å². The summed E-state index contributed by atoms with van der Waals surface area (Å²) >= 11 is 0. The smallest absolute Gasteiger partial charge is 0.129 e. The number of aryl methyl sites for hydroxylation is 1. The van der Waals surface area contributed by atoms with Crippen molar-refractivity contribution in [2.75, 3.05) is 13.1 Å². The van der Waals surface area contributed by atoms with Gasteiger partial charge in [-0.25, -0.2) is 4.39 Å². The van der Waals surface area contributed by atoms with Gasteiger partial charge in [-0.15, -0.1) is 0 Å². The van der Waals surface area contributed by atoms with Crippen LogP contribution in [0.4, 0.5) is 4.39 Å². The molecule has 1 saturated carbocycles. The standard InChI is InChI=1S/C16H22FNO/c1-12-5-6-14(17)13(9-12)15-10-18-11-16(19-15)7-3-2-4-8-16/h5-6,9,15,18H,2-4,7-8,10-11H2,1H3. The van der Waals surface area contributed by atoms with Crippen molar-refractivity contribution in [3.63, 3.8) is 0 Å². The average Bonchev–Trinajstić information content (AvgIpc) is 2.42. The molecule has 1 aromatic carbocycles. The highest BCUT2D eigenvalue weighted by molar-refractivity contribution is 5.27. The van der Waals surface area contributed by atoms with E-state index >= 15 is 0 Å². The van der Waals surface area contributed by atoms with Crippen molar-refractivity contribution in [1.82, 2.24) is 5.32 Å². The molecule has 0 amide bonds. The highest BCUT2D eigenvalue weighted by atomic mass is 19.1. The summed E-state index contributed by atoms with van der Waals surface area (Å²) in [6, 6.07) is 5.28. The maximum atomic E-state index is 14.0. The Kier molecular flexibility index (Phi) is 3.59. The summed E-state index contributed by atoms with van der Waals surface area (Å²) in [7, 11) is 0. The Hall–Kier alpha value is -0.930. The Morgan fingerprint density at radius 2 is 2.05 bits per heavy atom. The summed E-state index contributed by atoms with van der Waals surface area (Å²) in [5, 5.41) is 3.45. The molecule has 1 unspecified atom stereocenters. The second-order valence-electron chi connectivity index (χ2n) is 6.01. The van der Waals surface area contributed by atoms with E-state index in [9.17, 15) is 4.39 Å². The summed E-state index contributed by atoms with van der Waals surface area (Å²) in [6.07, 6.45) is 5.81. The van der Waals surface area contributed by atoms with E-state index in [0.717, 1.165) is 24.9 Å². The fourth-order valence-electron chi connectivity index (χ4n) is 3.39. The van der Waals surface area contributed by atoms with Gasteiger partial charge in [0, 0.05) is 18.7 Å². The van der Waals surface area contributed by atoms with Crippen LogP contribution in [-0.4, -0.2) is 18.7 Å². The SMILES string of the molecule is Cc1ccc(F)c(C2CNCC3(CCCCC3)O2)c1. The molecule has 2 nitrogen and oxygen atoms in total. The van der Waals surface area contributed by atoms with Crippen LogP contribution in [0.25, 0.3) is 0 Å². The molecule has 1 atom stereocenters.